The molecule has 0 spiro atoms. The van der Waals surface area contributed by atoms with Gasteiger partial charge in [0.15, 0.2) is 0 Å². The van der Waals surface area contributed by atoms with Gasteiger partial charge >= 0.3 is 0 Å². The van der Waals surface area contributed by atoms with Gasteiger partial charge < -0.3 is 10.5 Å². The number of thioether (sulfide) groups is 1. The summed E-state index contributed by atoms with van der Waals surface area (Å²) in [5.74, 6) is 0.0877. The molecule has 94 valence electrons. The van der Waals surface area contributed by atoms with Gasteiger partial charge in [0.2, 0.25) is 0 Å². The fourth-order valence-electron chi connectivity index (χ4n) is 2.09. The molecule has 17 heavy (non-hydrogen) atoms. The number of rotatable bonds is 3. The molecular formula is C11H18N4OS. The minimum atomic E-state index is 0.0877. The van der Waals surface area contributed by atoms with Crippen LogP contribution in [0.1, 0.15) is 24.6 Å². The third-order valence-corrected chi connectivity index (χ3v) is 4.62. The van der Waals surface area contributed by atoms with E-state index in [0.717, 1.165) is 29.3 Å². The second kappa shape index (κ2) is 4.70. The van der Waals surface area contributed by atoms with Gasteiger partial charge in [0.05, 0.1) is 17.4 Å². The third-order valence-electron chi connectivity index (χ3n) is 3.01. The monoisotopic (exact) mass is 254 g/mol. The highest BCUT2D eigenvalue weighted by Gasteiger charge is 2.28. The first-order valence-electron chi connectivity index (χ1n) is 5.67. The molecule has 2 heterocycles. The Kier molecular flexibility index (Phi) is 3.44. The van der Waals surface area contributed by atoms with Gasteiger partial charge in [-0.15, -0.1) is 0 Å². The number of amidine groups is 1. The molecule has 5 nitrogen and oxygen atoms in total. The summed E-state index contributed by atoms with van der Waals surface area (Å²) in [6.45, 7) is 4.78. The maximum absolute atomic E-state index is 7.63. The summed E-state index contributed by atoms with van der Waals surface area (Å²) in [6, 6.07) is 0. The third kappa shape index (κ3) is 2.32. The first-order valence-corrected chi connectivity index (χ1v) is 6.55. The molecule has 1 aromatic heterocycles. The van der Waals surface area contributed by atoms with Crippen molar-refractivity contribution in [1.82, 2.24) is 9.78 Å². The predicted octanol–water partition coefficient (Wildman–Crippen LogP) is 1.28. The van der Waals surface area contributed by atoms with E-state index in [-0.39, 0.29) is 11.9 Å². The quantitative estimate of drug-likeness (QED) is 0.629. The van der Waals surface area contributed by atoms with Crippen LogP contribution in [0.5, 0.6) is 0 Å². The molecule has 3 N–H and O–H groups in total. The Balaban J connectivity index is 2.28. The van der Waals surface area contributed by atoms with Crippen molar-refractivity contribution < 1.29 is 4.74 Å². The van der Waals surface area contributed by atoms with Crippen LogP contribution in [0.4, 0.5) is 0 Å². The van der Waals surface area contributed by atoms with Crippen molar-refractivity contribution in [3.8, 4) is 0 Å². The molecule has 1 aliphatic rings. The highest BCUT2D eigenvalue weighted by Crippen LogP contribution is 2.34. The maximum Gasteiger partial charge on any atom is 0.127 e. The van der Waals surface area contributed by atoms with E-state index in [4.69, 9.17) is 15.9 Å². The van der Waals surface area contributed by atoms with Gasteiger partial charge in [0.25, 0.3) is 0 Å². The Bertz CT molecular complexity index is 443. The van der Waals surface area contributed by atoms with Gasteiger partial charge in [-0.25, -0.2) is 0 Å². The van der Waals surface area contributed by atoms with Crippen molar-refractivity contribution in [2.75, 3.05) is 6.61 Å². The van der Waals surface area contributed by atoms with Crippen LogP contribution in [-0.4, -0.2) is 33.6 Å². The van der Waals surface area contributed by atoms with Crippen LogP contribution in [-0.2, 0) is 11.8 Å². The lowest BCUT2D eigenvalue weighted by atomic mass is 10.2. The Hall–Kier alpha value is -1.01. The smallest absolute Gasteiger partial charge is 0.127 e. The second-order valence-corrected chi connectivity index (χ2v) is 5.55. The van der Waals surface area contributed by atoms with E-state index in [1.807, 2.05) is 18.7 Å². The molecule has 0 radical (unpaired) electrons. The van der Waals surface area contributed by atoms with Gasteiger partial charge in [-0.3, -0.25) is 10.1 Å². The summed E-state index contributed by atoms with van der Waals surface area (Å²) < 4.78 is 7.36. The number of nitrogen functional groups attached to an aromatic ring is 1. The van der Waals surface area contributed by atoms with Gasteiger partial charge in [0.1, 0.15) is 10.9 Å². The molecule has 1 saturated heterocycles. The van der Waals surface area contributed by atoms with Crippen LogP contribution in [0.15, 0.2) is 5.03 Å². The van der Waals surface area contributed by atoms with Crippen molar-refractivity contribution in [2.45, 2.75) is 36.6 Å². The summed E-state index contributed by atoms with van der Waals surface area (Å²) in [5.41, 5.74) is 7.20. The first kappa shape index (κ1) is 12.4. The van der Waals surface area contributed by atoms with Crippen LogP contribution in [0.2, 0.25) is 0 Å². The molecule has 2 rings (SSSR count). The predicted molar refractivity (Wildman–Crippen MR) is 68.6 cm³/mol. The summed E-state index contributed by atoms with van der Waals surface area (Å²) in [7, 11) is 1.89. The van der Waals surface area contributed by atoms with Crippen molar-refractivity contribution in [3.05, 3.63) is 11.3 Å². The average molecular weight is 254 g/mol. The Morgan fingerprint density at radius 1 is 1.65 bits per heavy atom. The number of nitrogens with zero attached hydrogens (tertiary/aromatic N) is 2. The van der Waals surface area contributed by atoms with Crippen LogP contribution >= 0.6 is 11.8 Å². The second-order valence-electron chi connectivity index (χ2n) is 4.32. The molecule has 2 atom stereocenters. The SMILES string of the molecule is Cc1nn(C)c(SC2CCOC2C)c1C(=N)N. The number of ether oxygens (including phenoxy) is 1. The molecule has 2 unspecified atom stereocenters. The molecule has 0 aliphatic carbocycles. The topological polar surface area (TPSA) is 76.9 Å². The largest absolute Gasteiger partial charge is 0.384 e. The van der Waals surface area contributed by atoms with E-state index < -0.39 is 0 Å². The first-order chi connectivity index (χ1) is 8.00. The normalized spacial score (nSPS) is 24.2. The zero-order valence-electron chi connectivity index (χ0n) is 10.4. The van der Waals surface area contributed by atoms with Crippen molar-refractivity contribution in [1.29, 1.82) is 5.41 Å². The molecule has 1 aromatic rings. The number of hydrogen-bond acceptors (Lipinski definition) is 4. The van der Waals surface area contributed by atoms with Gasteiger partial charge in [-0.2, -0.15) is 5.10 Å². The molecule has 0 saturated carbocycles. The summed E-state index contributed by atoms with van der Waals surface area (Å²) in [4.78, 5) is 0. The average Bonchev–Trinajstić information content (AvgIpc) is 2.73. The highest BCUT2D eigenvalue weighted by atomic mass is 32.2. The zero-order chi connectivity index (χ0) is 12.6. The maximum atomic E-state index is 7.63. The number of hydrogen-bond donors (Lipinski definition) is 2. The number of nitrogens with one attached hydrogen (secondary N) is 1. The van der Waals surface area contributed by atoms with E-state index in [1.54, 1.807) is 11.8 Å². The minimum absolute atomic E-state index is 0.0877. The molecule has 1 fully saturated rings. The van der Waals surface area contributed by atoms with E-state index in [1.165, 1.54) is 0 Å². The highest BCUT2D eigenvalue weighted by molar-refractivity contribution is 8.00. The van der Waals surface area contributed by atoms with E-state index in [2.05, 4.69) is 12.0 Å². The fourth-order valence-corrected chi connectivity index (χ4v) is 3.43. The molecule has 0 amide bonds. The Morgan fingerprint density at radius 2 is 2.35 bits per heavy atom. The minimum Gasteiger partial charge on any atom is -0.384 e. The Labute approximate surface area is 105 Å². The lowest BCUT2D eigenvalue weighted by Gasteiger charge is -2.14. The molecule has 6 heteroatoms. The molecule has 1 aliphatic heterocycles. The van der Waals surface area contributed by atoms with Crippen LogP contribution < -0.4 is 5.73 Å². The van der Waals surface area contributed by atoms with Crippen molar-refractivity contribution in [2.24, 2.45) is 12.8 Å². The van der Waals surface area contributed by atoms with E-state index in [0.29, 0.717) is 5.25 Å². The van der Waals surface area contributed by atoms with E-state index in [9.17, 15) is 0 Å². The molecular weight excluding hydrogens is 236 g/mol. The summed E-state index contributed by atoms with van der Waals surface area (Å²) >= 11 is 1.72. The fraction of sp³-hybridized carbons (Fsp3) is 0.636. The van der Waals surface area contributed by atoms with Gasteiger partial charge in [0, 0.05) is 18.9 Å². The summed E-state index contributed by atoms with van der Waals surface area (Å²) in [5, 5.41) is 13.4. The van der Waals surface area contributed by atoms with Gasteiger partial charge in [-0.05, 0) is 20.3 Å². The molecule has 0 bridgehead atoms. The Morgan fingerprint density at radius 3 is 2.88 bits per heavy atom. The van der Waals surface area contributed by atoms with Crippen LogP contribution in [0.3, 0.4) is 0 Å². The lowest BCUT2D eigenvalue weighted by molar-refractivity contribution is 0.127. The van der Waals surface area contributed by atoms with E-state index >= 15 is 0 Å². The van der Waals surface area contributed by atoms with Crippen molar-refractivity contribution in [3.63, 3.8) is 0 Å². The zero-order valence-corrected chi connectivity index (χ0v) is 11.2. The standard InChI is InChI=1S/C11H18N4OS/c1-6-9(10(12)13)11(15(3)14-6)17-8-4-5-16-7(8)2/h7-8H,4-5H2,1-3H3,(H3,12,13). The number of aromatic nitrogens is 2. The number of aryl methyl sites for hydroxylation is 2. The van der Waals surface area contributed by atoms with Gasteiger partial charge in [-0.1, -0.05) is 11.8 Å². The molecule has 0 aromatic carbocycles. The van der Waals surface area contributed by atoms with Crippen molar-refractivity contribution >= 4 is 17.6 Å². The number of nitrogens with two attached hydrogens (primary N) is 1. The summed E-state index contributed by atoms with van der Waals surface area (Å²) in [6.07, 6.45) is 1.28. The van der Waals surface area contributed by atoms with Crippen LogP contribution in [0.25, 0.3) is 0 Å². The lowest BCUT2D eigenvalue weighted by Crippen LogP contribution is -2.17. The van der Waals surface area contributed by atoms with Crippen LogP contribution in [0, 0.1) is 12.3 Å².